The minimum Gasteiger partial charge on any atom is -0.495 e. The van der Waals surface area contributed by atoms with Crippen LogP contribution in [0.25, 0.3) is 0 Å². The first-order chi connectivity index (χ1) is 10.0. The topological polar surface area (TPSA) is 81.4 Å². The van der Waals surface area contributed by atoms with Gasteiger partial charge in [-0.3, -0.25) is 9.59 Å². The van der Waals surface area contributed by atoms with Gasteiger partial charge in [0.1, 0.15) is 5.75 Å². The van der Waals surface area contributed by atoms with Crippen LogP contribution in [0.4, 0.5) is 11.4 Å². The number of hydrogen-bond acceptors (Lipinski definition) is 4. The first-order valence-electron chi connectivity index (χ1n) is 6.37. The lowest BCUT2D eigenvalue weighted by Gasteiger charge is -2.07. The van der Waals surface area contributed by atoms with Gasteiger partial charge in [-0.15, -0.1) is 0 Å². The Hall–Kier alpha value is -2.82. The number of carbonyl (C=O) groups excluding carboxylic acids is 2. The highest BCUT2D eigenvalue weighted by Gasteiger charge is 2.11. The molecule has 108 valence electrons. The molecule has 0 aliphatic rings. The van der Waals surface area contributed by atoms with Gasteiger partial charge in [0.25, 0.3) is 0 Å². The number of carbonyl (C=O) groups is 2. The summed E-state index contributed by atoms with van der Waals surface area (Å²) >= 11 is 0. The van der Waals surface area contributed by atoms with E-state index < -0.39 is 0 Å². The number of hydrogen-bond donors (Lipinski definition) is 2. The Morgan fingerprint density at radius 2 is 1.67 bits per heavy atom. The van der Waals surface area contributed by atoms with Gasteiger partial charge in [0, 0.05) is 23.7 Å². The van der Waals surface area contributed by atoms with E-state index in [2.05, 4.69) is 5.32 Å². The smallest absolute Gasteiger partial charge is 0.221 e. The van der Waals surface area contributed by atoms with Crippen molar-refractivity contribution in [2.24, 2.45) is 0 Å². The molecule has 0 aliphatic heterocycles. The van der Waals surface area contributed by atoms with Gasteiger partial charge in [-0.2, -0.15) is 0 Å². The summed E-state index contributed by atoms with van der Waals surface area (Å²) in [6.07, 6.45) is 0. The van der Waals surface area contributed by atoms with Crippen molar-refractivity contribution in [3.8, 4) is 5.75 Å². The average Bonchev–Trinajstić information content (AvgIpc) is 2.46. The second kappa shape index (κ2) is 6.09. The molecule has 0 spiro atoms. The maximum absolute atomic E-state index is 12.3. The summed E-state index contributed by atoms with van der Waals surface area (Å²) in [6, 6.07) is 11.6. The zero-order valence-corrected chi connectivity index (χ0v) is 11.8. The molecule has 21 heavy (non-hydrogen) atoms. The minimum atomic E-state index is -0.156. The highest BCUT2D eigenvalue weighted by atomic mass is 16.5. The van der Waals surface area contributed by atoms with Gasteiger partial charge in [0.15, 0.2) is 5.78 Å². The Morgan fingerprint density at radius 3 is 2.19 bits per heavy atom. The largest absolute Gasteiger partial charge is 0.495 e. The molecule has 0 aliphatic carbocycles. The van der Waals surface area contributed by atoms with Gasteiger partial charge in [0.2, 0.25) is 5.91 Å². The molecule has 0 saturated heterocycles. The molecule has 3 N–H and O–H groups in total. The predicted octanol–water partition coefficient (Wildman–Crippen LogP) is 2.47. The number of ketones is 1. The number of rotatable bonds is 4. The van der Waals surface area contributed by atoms with E-state index in [-0.39, 0.29) is 11.7 Å². The molecule has 2 aromatic rings. The van der Waals surface area contributed by atoms with E-state index in [4.69, 9.17) is 10.5 Å². The number of nitrogens with two attached hydrogens (primary N) is 1. The maximum Gasteiger partial charge on any atom is 0.221 e. The second-order valence-corrected chi connectivity index (χ2v) is 4.54. The van der Waals surface area contributed by atoms with Crippen LogP contribution in [0.3, 0.4) is 0 Å². The van der Waals surface area contributed by atoms with Crippen LogP contribution in [0.15, 0.2) is 42.5 Å². The fourth-order valence-electron chi connectivity index (χ4n) is 1.95. The van der Waals surface area contributed by atoms with Crippen molar-refractivity contribution < 1.29 is 14.3 Å². The van der Waals surface area contributed by atoms with Crippen molar-refractivity contribution in [1.29, 1.82) is 0 Å². The molecule has 0 fully saturated rings. The summed E-state index contributed by atoms with van der Waals surface area (Å²) in [6.45, 7) is 1.43. The molecule has 5 nitrogen and oxygen atoms in total. The summed E-state index contributed by atoms with van der Waals surface area (Å²) in [4.78, 5) is 23.3. The second-order valence-electron chi connectivity index (χ2n) is 4.54. The van der Waals surface area contributed by atoms with Crippen molar-refractivity contribution in [1.82, 2.24) is 0 Å². The van der Waals surface area contributed by atoms with Crippen molar-refractivity contribution in [2.45, 2.75) is 6.92 Å². The van der Waals surface area contributed by atoms with E-state index in [1.807, 2.05) is 0 Å². The van der Waals surface area contributed by atoms with Gasteiger partial charge >= 0.3 is 0 Å². The third kappa shape index (κ3) is 3.39. The summed E-state index contributed by atoms with van der Waals surface area (Å²) in [5.74, 6) is 0.239. The van der Waals surface area contributed by atoms with Gasteiger partial charge in [0.05, 0.1) is 12.8 Å². The quantitative estimate of drug-likeness (QED) is 0.667. The zero-order valence-electron chi connectivity index (χ0n) is 11.8. The first kappa shape index (κ1) is 14.6. The maximum atomic E-state index is 12.3. The molecule has 0 radical (unpaired) electrons. The Balaban J connectivity index is 2.23. The van der Waals surface area contributed by atoms with Crippen molar-refractivity contribution in [3.05, 3.63) is 53.6 Å². The lowest BCUT2D eigenvalue weighted by molar-refractivity contribution is -0.114. The monoisotopic (exact) mass is 284 g/mol. The molecule has 2 rings (SSSR count). The van der Waals surface area contributed by atoms with Crippen molar-refractivity contribution in [2.75, 3.05) is 18.2 Å². The fourth-order valence-corrected chi connectivity index (χ4v) is 1.95. The number of methoxy groups -OCH3 is 1. The normalized spacial score (nSPS) is 10.0. The number of benzene rings is 2. The molecule has 0 aromatic heterocycles. The van der Waals surface area contributed by atoms with Crippen LogP contribution in [0.2, 0.25) is 0 Å². The molecule has 0 heterocycles. The van der Waals surface area contributed by atoms with Crippen molar-refractivity contribution in [3.63, 3.8) is 0 Å². The Bertz CT molecular complexity index is 678. The van der Waals surface area contributed by atoms with E-state index >= 15 is 0 Å². The average molecular weight is 284 g/mol. The highest BCUT2D eigenvalue weighted by molar-refractivity contribution is 6.09. The van der Waals surface area contributed by atoms with Crippen molar-refractivity contribution >= 4 is 23.1 Å². The molecular weight excluding hydrogens is 268 g/mol. The summed E-state index contributed by atoms with van der Waals surface area (Å²) < 4.78 is 5.06. The van der Waals surface area contributed by atoms with Crippen LogP contribution in [-0.2, 0) is 4.79 Å². The zero-order chi connectivity index (χ0) is 15.4. The highest BCUT2D eigenvalue weighted by Crippen LogP contribution is 2.23. The number of anilines is 2. The summed E-state index contributed by atoms with van der Waals surface area (Å²) in [5.41, 5.74) is 7.87. The Labute approximate surface area is 122 Å². The van der Waals surface area contributed by atoms with Crippen LogP contribution < -0.4 is 15.8 Å². The van der Waals surface area contributed by atoms with Crippen LogP contribution in [0.5, 0.6) is 5.75 Å². The SMILES string of the molecule is COc1ccc(C(=O)c2ccc(NC(C)=O)cc2)cc1N. The van der Waals surface area contributed by atoms with E-state index in [9.17, 15) is 9.59 Å². The van der Waals surface area contributed by atoms with E-state index in [1.165, 1.54) is 14.0 Å². The first-order valence-corrected chi connectivity index (χ1v) is 6.37. The number of ether oxygens (including phenoxy) is 1. The van der Waals surface area contributed by atoms with Crippen LogP contribution in [0, 0.1) is 0 Å². The summed E-state index contributed by atoms with van der Waals surface area (Å²) in [7, 11) is 1.52. The number of nitrogen functional groups attached to an aromatic ring is 1. The Morgan fingerprint density at radius 1 is 1.05 bits per heavy atom. The lowest BCUT2D eigenvalue weighted by atomic mass is 10.0. The van der Waals surface area contributed by atoms with E-state index in [0.717, 1.165) is 0 Å². The summed E-state index contributed by atoms with van der Waals surface area (Å²) in [5, 5.41) is 2.65. The minimum absolute atomic E-state index is 0.140. The van der Waals surface area contributed by atoms with Crippen LogP contribution in [0.1, 0.15) is 22.8 Å². The van der Waals surface area contributed by atoms with Crippen LogP contribution >= 0.6 is 0 Å². The fraction of sp³-hybridized carbons (Fsp3) is 0.125. The van der Waals surface area contributed by atoms with Gasteiger partial charge in [-0.25, -0.2) is 0 Å². The predicted molar refractivity (Wildman–Crippen MR) is 81.6 cm³/mol. The molecule has 2 aromatic carbocycles. The third-order valence-electron chi connectivity index (χ3n) is 2.96. The molecule has 0 atom stereocenters. The molecule has 5 heteroatoms. The number of amides is 1. The van der Waals surface area contributed by atoms with E-state index in [0.29, 0.717) is 28.3 Å². The molecule has 0 bridgehead atoms. The Kier molecular flexibility index (Phi) is 4.23. The van der Waals surface area contributed by atoms with Gasteiger partial charge < -0.3 is 15.8 Å². The van der Waals surface area contributed by atoms with E-state index in [1.54, 1.807) is 42.5 Å². The van der Waals surface area contributed by atoms with Gasteiger partial charge in [-0.1, -0.05) is 0 Å². The molecule has 0 unspecified atom stereocenters. The standard InChI is InChI=1S/C16H16N2O3/c1-10(19)18-13-6-3-11(4-7-13)16(20)12-5-8-15(21-2)14(17)9-12/h3-9H,17H2,1-2H3,(H,18,19). The molecular formula is C16H16N2O3. The lowest BCUT2D eigenvalue weighted by Crippen LogP contribution is -2.07. The number of nitrogens with one attached hydrogen (secondary N) is 1. The third-order valence-corrected chi connectivity index (χ3v) is 2.96. The molecule has 1 amide bonds. The van der Waals surface area contributed by atoms with Gasteiger partial charge in [-0.05, 0) is 42.5 Å². The molecule has 0 saturated carbocycles. The van der Waals surface area contributed by atoms with Crippen LogP contribution in [-0.4, -0.2) is 18.8 Å².